The van der Waals surface area contributed by atoms with E-state index in [1.54, 1.807) is 18.7 Å². The van der Waals surface area contributed by atoms with E-state index < -0.39 is 0 Å². The summed E-state index contributed by atoms with van der Waals surface area (Å²) < 4.78 is 10.8. The van der Waals surface area contributed by atoms with Crippen LogP contribution in [0.3, 0.4) is 0 Å². The summed E-state index contributed by atoms with van der Waals surface area (Å²) in [4.78, 5) is 15.0. The van der Waals surface area contributed by atoms with Gasteiger partial charge in [0.25, 0.3) is 5.91 Å². The lowest BCUT2D eigenvalue weighted by Gasteiger charge is -2.44. The Bertz CT molecular complexity index is 666. The topological polar surface area (TPSA) is 71.4 Å². The normalized spacial score (nSPS) is 25.0. The van der Waals surface area contributed by atoms with Crippen molar-refractivity contribution in [3.8, 4) is 11.3 Å². The fraction of sp³-hybridized carbons (Fsp3) is 0.529. The summed E-state index contributed by atoms with van der Waals surface area (Å²) in [6, 6.07) is 1.83. The molecule has 0 aromatic carbocycles. The van der Waals surface area contributed by atoms with Gasteiger partial charge < -0.3 is 14.1 Å². The second kappa shape index (κ2) is 5.85. The zero-order valence-corrected chi connectivity index (χ0v) is 13.1. The number of carbonyl (C=O) groups is 1. The summed E-state index contributed by atoms with van der Waals surface area (Å²) in [6.45, 7) is 3.21. The highest BCUT2D eigenvalue weighted by atomic mass is 16.5. The van der Waals surface area contributed by atoms with Gasteiger partial charge in [-0.3, -0.25) is 9.89 Å². The van der Waals surface area contributed by atoms with Crippen molar-refractivity contribution in [3.63, 3.8) is 0 Å². The van der Waals surface area contributed by atoms with Gasteiger partial charge in [0, 0.05) is 30.7 Å². The Morgan fingerprint density at radius 2 is 2.26 bits per heavy atom. The summed E-state index contributed by atoms with van der Waals surface area (Å²) >= 11 is 0. The highest BCUT2D eigenvalue weighted by Crippen LogP contribution is 2.38. The van der Waals surface area contributed by atoms with E-state index in [-0.39, 0.29) is 11.3 Å². The molecule has 4 heterocycles. The van der Waals surface area contributed by atoms with E-state index in [0.29, 0.717) is 5.56 Å². The summed E-state index contributed by atoms with van der Waals surface area (Å²) in [6.07, 6.45) is 9.26. The number of ether oxygens (including phenoxy) is 1. The number of nitrogens with one attached hydrogen (secondary N) is 1. The minimum atomic E-state index is 0.0413. The number of amides is 1. The molecule has 2 aromatic heterocycles. The zero-order valence-electron chi connectivity index (χ0n) is 13.1. The number of H-pyrrole nitrogens is 1. The average Bonchev–Trinajstić information content (AvgIpc) is 3.26. The van der Waals surface area contributed by atoms with Crippen LogP contribution in [0.2, 0.25) is 0 Å². The number of nitrogens with zero attached hydrogens (tertiary/aromatic N) is 2. The lowest BCUT2D eigenvalue weighted by Crippen LogP contribution is -2.49. The van der Waals surface area contributed by atoms with Crippen molar-refractivity contribution < 1.29 is 13.9 Å². The van der Waals surface area contributed by atoms with Gasteiger partial charge in [0.15, 0.2) is 0 Å². The Hall–Kier alpha value is -2.08. The number of likely N-dealkylation sites (tertiary alicyclic amines) is 1. The quantitative estimate of drug-likeness (QED) is 0.925. The first-order valence-electron chi connectivity index (χ1n) is 8.20. The predicted molar refractivity (Wildman–Crippen MR) is 83.9 cm³/mol. The smallest absolute Gasteiger partial charge is 0.257 e. The van der Waals surface area contributed by atoms with Crippen LogP contribution in [-0.4, -0.2) is 47.3 Å². The molecule has 1 spiro atoms. The van der Waals surface area contributed by atoms with Crippen LogP contribution in [0.15, 0.2) is 29.2 Å². The molecule has 2 fully saturated rings. The largest absolute Gasteiger partial charge is 0.472 e. The van der Waals surface area contributed by atoms with Gasteiger partial charge in [-0.25, -0.2) is 0 Å². The number of hydrogen-bond donors (Lipinski definition) is 1. The first-order chi connectivity index (χ1) is 11.3. The molecule has 6 nitrogen and oxygen atoms in total. The van der Waals surface area contributed by atoms with E-state index in [9.17, 15) is 4.79 Å². The zero-order chi connectivity index (χ0) is 15.7. The molecule has 122 valence electrons. The summed E-state index contributed by atoms with van der Waals surface area (Å²) in [5, 5.41) is 6.98. The van der Waals surface area contributed by atoms with Crippen LogP contribution in [0.4, 0.5) is 0 Å². The summed E-state index contributed by atoms with van der Waals surface area (Å²) in [5.41, 5.74) is 2.33. The third-order valence-electron chi connectivity index (χ3n) is 5.03. The number of rotatable bonds is 2. The third kappa shape index (κ3) is 2.67. The van der Waals surface area contributed by atoms with E-state index >= 15 is 0 Å². The molecule has 1 atom stereocenters. The van der Waals surface area contributed by atoms with Gasteiger partial charge in [-0.05, 0) is 31.7 Å². The molecule has 4 rings (SSSR count). The van der Waals surface area contributed by atoms with E-state index in [1.807, 2.05) is 11.0 Å². The van der Waals surface area contributed by atoms with Gasteiger partial charge in [0.1, 0.15) is 0 Å². The molecule has 0 radical (unpaired) electrons. The van der Waals surface area contributed by atoms with Crippen LogP contribution in [0, 0.1) is 5.41 Å². The lowest BCUT2D eigenvalue weighted by atomic mass is 9.75. The summed E-state index contributed by atoms with van der Waals surface area (Å²) in [5.74, 6) is 0.0413. The number of furan rings is 1. The van der Waals surface area contributed by atoms with Crippen LogP contribution in [0.5, 0.6) is 0 Å². The van der Waals surface area contributed by atoms with Crippen LogP contribution in [-0.2, 0) is 4.74 Å². The van der Waals surface area contributed by atoms with Gasteiger partial charge >= 0.3 is 0 Å². The fourth-order valence-corrected chi connectivity index (χ4v) is 3.86. The Balaban J connectivity index is 1.56. The van der Waals surface area contributed by atoms with E-state index in [2.05, 4.69) is 10.2 Å². The Kier molecular flexibility index (Phi) is 3.69. The maximum Gasteiger partial charge on any atom is 0.257 e. The monoisotopic (exact) mass is 315 g/mol. The molecule has 1 amide bonds. The van der Waals surface area contributed by atoms with Crippen LogP contribution >= 0.6 is 0 Å². The van der Waals surface area contributed by atoms with Crippen molar-refractivity contribution in [1.29, 1.82) is 0 Å². The highest BCUT2D eigenvalue weighted by molar-refractivity contribution is 5.99. The van der Waals surface area contributed by atoms with Crippen molar-refractivity contribution in [2.75, 3.05) is 26.3 Å². The molecule has 1 unspecified atom stereocenters. The summed E-state index contributed by atoms with van der Waals surface area (Å²) in [7, 11) is 0. The van der Waals surface area contributed by atoms with E-state index in [0.717, 1.165) is 63.2 Å². The maximum absolute atomic E-state index is 13.0. The molecule has 0 saturated carbocycles. The first kappa shape index (κ1) is 14.5. The second-order valence-electron chi connectivity index (χ2n) is 6.66. The lowest BCUT2D eigenvalue weighted by molar-refractivity contribution is -0.0434. The van der Waals surface area contributed by atoms with Gasteiger partial charge in [-0.15, -0.1) is 0 Å². The second-order valence-corrected chi connectivity index (χ2v) is 6.66. The average molecular weight is 315 g/mol. The van der Waals surface area contributed by atoms with Crippen molar-refractivity contribution in [3.05, 3.63) is 30.4 Å². The van der Waals surface area contributed by atoms with Crippen LogP contribution < -0.4 is 0 Å². The molecular weight excluding hydrogens is 294 g/mol. The van der Waals surface area contributed by atoms with Crippen molar-refractivity contribution in [2.45, 2.75) is 25.7 Å². The Labute approximate surface area is 134 Å². The molecule has 2 aromatic rings. The minimum absolute atomic E-state index is 0.0413. The minimum Gasteiger partial charge on any atom is -0.472 e. The Morgan fingerprint density at radius 3 is 3.04 bits per heavy atom. The number of aromatic amines is 1. The molecule has 2 aliphatic heterocycles. The van der Waals surface area contributed by atoms with Gasteiger partial charge in [-0.1, -0.05) is 0 Å². The van der Waals surface area contributed by atoms with Gasteiger partial charge in [-0.2, -0.15) is 5.10 Å². The van der Waals surface area contributed by atoms with E-state index in [1.165, 1.54) is 0 Å². The molecule has 6 heteroatoms. The number of carbonyl (C=O) groups excluding carboxylic acids is 1. The molecule has 2 saturated heterocycles. The van der Waals surface area contributed by atoms with Crippen molar-refractivity contribution in [1.82, 2.24) is 15.1 Å². The van der Waals surface area contributed by atoms with Crippen LogP contribution in [0.25, 0.3) is 11.3 Å². The molecular formula is C17H21N3O3. The SMILES string of the molecule is O=C(c1cn[nH]c1-c1ccoc1)N1CCCC2(CCCOC2)C1. The highest BCUT2D eigenvalue weighted by Gasteiger charge is 2.39. The third-order valence-corrected chi connectivity index (χ3v) is 5.03. The van der Waals surface area contributed by atoms with Crippen molar-refractivity contribution in [2.24, 2.45) is 5.41 Å². The molecule has 23 heavy (non-hydrogen) atoms. The van der Waals surface area contributed by atoms with Gasteiger partial charge in [0.05, 0.1) is 36.6 Å². The van der Waals surface area contributed by atoms with Gasteiger partial charge in [0.2, 0.25) is 0 Å². The molecule has 0 bridgehead atoms. The fourth-order valence-electron chi connectivity index (χ4n) is 3.86. The molecule has 2 aliphatic rings. The predicted octanol–water partition coefficient (Wildman–Crippen LogP) is 2.70. The Morgan fingerprint density at radius 1 is 1.35 bits per heavy atom. The van der Waals surface area contributed by atoms with Crippen molar-refractivity contribution >= 4 is 5.91 Å². The number of piperidine rings is 1. The molecule has 0 aliphatic carbocycles. The maximum atomic E-state index is 13.0. The van der Waals surface area contributed by atoms with Crippen LogP contribution in [0.1, 0.15) is 36.0 Å². The standard InChI is InChI=1S/C17H21N3O3/c21-16(14-9-18-19-15(14)13-3-8-22-10-13)20-6-1-4-17(11-20)5-2-7-23-12-17/h3,8-10H,1-2,4-7,11-12H2,(H,18,19). The van der Waals surface area contributed by atoms with E-state index in [4.69, 9.17) is 9.15 Å². The number of aromatic nitrogens is 2. The first-order valence-corrected chi connectivity index (χ1v) is 8.20. The number of hydrogen-bond acceptors (Lipinski definition) is 4. The molecule has 1 N–H and O–H groups in total.